The zero-order chi connectivity index (χ0) is 15.6. The first-order valence-corrected chi connectivity index (χ1v) is 7.62. The molecule has 0 saturated carbocycles. The van der Waals surface area contributed by atoms with Gasteiger partial charge in [0.15, 0.2) is 0 Å². The van der Waals surface area contributed by atoms with E-state index >= 15 is 0 Å². The van der Waals surface area contributed by atoms with Gasteiger partial charge in [0.25, 0.3) is 0 Å². The lowest BCUT2D eigenvalue weighted by atomic mass is 10.1. The van der Waals surface area contributed by atoms with Gasteiger partial charge in [0.2, 0.25) is 0 Å². The second kappa shape index (κ2) is 5.62. The fourth-order valence-electron chi connectivity index (χ4n) is 2.97. The minimum absolute atomic E-state index is 0.102. The van der Waals surface area contributed by atoms with Gasteiger partial charge in [0.05, 0.1) is 12.1 Å². The van der Waals surface area contributed by atoms with Crippen molar-refractivity contribution in [2.45, 2.75) is 12.5 Å². The SMILES string of the molecule is N#Cc1cc(NCC2Cc3ccccc3O2)c2ccccc2n1. The molecular formula is C19H15N3O. The molecule has 0 spiro atoms. The summed E-state index contributed by atoms with van der Waals surface area (Å²) in [6.07, 6.45) is 1.00. The van der Waals surface area contributed by atoms with Crippen LogP contribution in [-0.4, -0.2) is 17.6 Å². The molecule has 4 nitrogen and oxygen atoms in total. The van der Waals surface area contributed by atoms with Gasteiger partial charge >= 0.3 is 0 Å². The summed E-state index contributed by atoms with van der Waals surface area (Å²) < 4.78 is 5.95. The number of aromatic nitrogens is 1. The number of fused-ring (bicyclic) bond motifs is 2. The lowest BCUT2D eigenvalue weighted by Gasteiger charge is -2.14. The minimum Gasteiger partial charge on any atom is -0.488 e. The molecule has 0 aliphatic carbocycles. The highest BCUT2D eigenvalue weighted by Gasteiger charge is 2.22. The number of benzene rings is 2. The summed E-state index contributed by atoms with van der Waals surface area (Å²) in [7, 11) is 0. The second-order valence-corrected chi connectivity index (χ2v) is 5.62. The molecule has 1 aliphatic rings. The zero-order valence-electron chi connectivity index (χ0n) is 12.5. The number of hydrogen-bond donors (Lipinski definition) is 1. The van der Waals surface area contributed by atoms with Gasteiger partial charge in [-0.2, -0.15) is 5.26 Å². The third kappa shape index (κ3) is 2.58. The highest BCUT2D eigenvalue weighted by molar-refractivity contribution is 5.91. The van der Waals surface area contributed by atoms with E-state index in [4.69, 9.17) is 10.00 Å². The number of rotatable bonds is 3. The molecule has 1 atom stereocenters. The molecule has 0 radical (unpaired) electrons. The molecule has 1 N–H and O–H groups in total. The average molecular weight is 301 g/mol. The van der Waals surface area contributed by atoms with Crippen LogP contribution < -0.4 is 10.1 Å². The monoisotopic (exact) mass is 301 g/mol. The number of nitrogens with zero attached hydrogens (tertiary/aromatic N) is 2. The molecule has 0 bridgehead atoms. The van der Waals surface area contributed by atoms with Crippen LogP contribution in [0.2, 0.25) is 0 Å². The Labute approximate surface area is 134 Å². The Balaban J connectivity index is 1.56. The number of para-hydroxylation sites is 2. The normalized spacial score (nSPS) is 15.7. The van der Waals surface area contributed by atoms with E-state index in [9.17, 15) is 0 Å². The number of nitriles is 1. The lowest BCUT2D eigenvalue weighted by molar-refractivity contribution is 0.246. The van der Waals surface area contributed by atoms with Crippen LogP contribution in [0, 0.1) is 11.3 Å². The van der Waals surface area contributed by atoms with E-state index in [0.717, 1.165) is 28.8 Å². The molecule has 112 valence electrons. The first-order chi connectivity index (χ1) is 11.3. The van der Waals surface area contributed by atoms with Gasteiger partial charge < -0.3 is 10.1 Å². The maximum absolute atomic E-state index is 9.15. The third-order valence-corrected chi connectivity index (χ3v) is 4.06. The van der Waals surface area contributed by atoms with Gasteiger partial charge in [-0.25, -0.2) is 4.98 Å². The van der Waals surface area contributed by atoms with Gasteiger partial charge in [-0.1, -0.05) is 36.4 Å². The second-order valence-electron chi connectivity index (χ2n) is 5.62. The van der Waals surface area contributed by atoms with Gasteiger partial charge in [-0.15, -0.1) is 0 Å². The van der Waals surface area contributed by atoms with Crippen molar-refractivity contribution in [2.24, 2.45) is 0 Å². The zero-order valence-corrected chi connectivity index (χ0v) is 12.5. The smallest absolute Gasteiger partial charge is 0.143 e. The summed E-state index contributed by atoms with van der Waals surface area (Å²) in [4.78, 5) is 4.33. The van der Waals surface area contributed by atoms with Crippen molar-refractivity contribution in [1.29, 1.82) is 5.26 Å². The number of hydrogen-bond acceptors (Lipinski definition) is 4. The number of pyridine rings is 1. The Morgan fingerprint density at radius 2 is 2.00 bits per heavy atom. The molecule has 1 unspecified atom stereocenters. The predicted octanol–water partition coefficient (Wildman–Crippen LogP) is 3.52. The van der Waals surface area contributed by atoms with Crippen molar-refractivity contribution in [1.82, 2.24) is 4.98 Å². The van der Waals surface area contributed by atoms with Crippen LogP contribution in [0.3, 0.4) is 0 Å². The Kier molecular flexibility index (Phi) is 3.32. The maximum Gasteiger partial charge on any atom is 0.143 e. The van der Waals surface area contributed by atoms with E-state index in [0.29, 0.717) is 12.2 Å². The number of ether oxygens (including phenoxy) is 1. The Bertz CT molecular complexity index is 889. The first kappa shape index (κ1) is 13.6. The summed E-state index contributed by atoms with van der Waals surface area (Å²) in [6, 6.07) is 19.9. The molecule has 0 amide bonds. The highest BCUT2D eigenvalue weighted by Crippen LogP contribution is 2.29. The topological polar surface area (TPSA) is 57.9 Å². The quantitative estimate of drug-likeness (QED) is 0.804. The van der Waals surface area contributed by atoms with Gasteiger partial charge in [0, 0.05) is 17.5 Å². The van der Waals surface area contributed by atoms with Crippen LogP contribution in [0.1, 0.15) is 11.3 Å². The standard InChI is InChI=1S/C19H15N3O/c20-11-14-10-18(16-6-2-3-7-17(16)22-14)21-12-15-9-13-5-1-4-8-19(13)23-15/h1-8,10,15H,9,12H2,(H,21,22). The van der Waals surface area contributed by atoms with Crippen molar-refractivity contribution < 1.29 is 4.74 Å². The summed E-state index contributed by atoms with van der Waals surface area (Å²) in [5.74, 6) is 0.969. The summed E-state index contributed by atoms with van der Waals surface area (Å²) >= 11 is 0. The molecule has 2 heterocycles. The van der Waals surface area contributed by atoms with Crippen LogP contribution in [0.15, 0.2) is 54.6 Å². The Hall–Kier alpha value is -3.06. The largest absolute Gasteiger partial charge is 0.488 e. The van der Waals surface area contributed by atoms with Crippen LogP contribution in [-0.2, 0) is 6.42 Å². The van der Waals surface area contributed by atoms with Gasteiger partial charge in [0.1, 0.15) is 23.6 Å². The van der Waals surface area contributed by atoms with Crippen LogP contribution in [0.25, 0.3) is 10.9 Å². The summed E-state index contributed by atoms with van der Waals surface area (Å²) in [5.41, 5.74) is 3.41. The van der Waals surface area contributed by atoms with E-state index in [-0.39, 0.29) is 6.10 Å². The van der Waals surface area contributed by atoms with Crippen LogP contribution >= 0.6 is 0 Å². The first-order valence-electron chi connectivity index (χ1n) is 7.62. The van der Waals surface area contributed by atoms with Gasteiger partial charge in [-0.3, -0.25) is 0 Å². The van der Waals surface area contributed by atoms with Crippen molar-refractivity contribution in [2.75, 3.05) is 11.9 Å². The predicted molar refractivity (Wildman–Crippen MR) is 89.5 cm³/mol. The molecular weight excluding hydrogens is 286 g/mol. The van der Waals surface area contributed by atoms with Gasteiger partial charge in [-0.05, 0) is 23.8 Å². The molecule has 4 heteroatoms. The number of anilines is 1. The molecule has 3 aromatic rings. The van der Waals surface area contributed by atoms with Crippen molar-refractivity contribution in [3.8, 4) is 11.8 Å². The number of nitrogens with one attached hydrogen (secondary N) is 1. The molecule has 4 rings (SSSR count). The van der Waals surface area contributed by atoms with E-state index in [1.807, 2.05) is 42.5 Å². The van der Waals surface area contributed by atoms with Crippen LogP contribution in [0.4, 0.5) is 5.69 Å². The molecule has 2 aromatic carbocycles. The lowest BCUT2D eigenvalue weighted by Crippen LogP contribution is -2.24. The Morgan fingerprint density at radius 1 is 1.17 bits per heavy atom. The minimum atomic E-state index is 0.102. The molecule has 23 heavy (non-hydrogen) atoms. The van der Waals surface area contributed by atoms with Crippen molar-refractivity contribution in [3.63, 3.8) is 0 Å². The van der Waals surface area contributed by atoms with E-state index in [1.165, 1.54) is 5.56 Å². The van der Waals surface area contributed by atoms with E-state index in [1.54, 1.807) is 6.07 Å². The molecule has 0 saturated heterocycles. The van der Waals surface area contributed by atoms with E-state index < -0.39 is 0 Å². The fraction of sp³-hybridized carbons (Fsp3) is 0.158. The average Bonchev–Trinajstić information content (AvgIpc) is 3.02. The van der Waals surface area contributed by atoms with Crippen molar-refractivity contribution >= 4 is 16.6 Å². The summed E-state index contributed by atoms with van der Waals surface area (Å²) in [5, 5.41) is 13.6. The van der Waals surface area contributed by atoms with Crippen LogP contribution in [0.5, 0.6) is 5.75 Å². The molecule has 1 aliphatic heterocycles. The fourth-order valence-corrected chi connectivity index (χ4v) is 2.97. The molecule has 0 fully saturated rings. The van der Waals surface area contributed by atoms with Crippen molar-refractivity contribution in [3.05, 3.63) is 65.9 Å². The maximum atomic E-state index is 9.15. The third-order valence-electron chi connectivity index (χ3n) is 4.06. The highest BCUT2D eigenvalue weighted by atomic mass is 16.5. The van der Waals surface area contributed by atoms with E-state index in [2.05, 4.69) is 22.4 Å². The Morgan fingerprint density at radius 3 is 2.87 bits per heavy atom. The molecule has 1 aromatic heterocycles. The summed E-state index contributed by atoms with van der Waals surface area (Å²) in [6.45, 7) is 0.688.